The van der Waals surface area contributed by atoms with E-state index in [9.17, 15) is 0 Å². The van der Waals surface area contributed by atoms with Gasteiger partial charge >= 0.3 is 0 Å². The molecule has 132 valence electrons. The lowest BCUT2D eigenvalue weighted by molar-refractivity contribution is 0.245. The number of hydrogen-bond acceptors (Lipinski definition) is 5. The van der Waals surface area contributed by atoms with E-state index in [1.165, 1.54) is 12.0 Å². The van der Waals surface area contributed by atoms with Gasteiger partial charge in [-0.1, -0.05) is 23.7 Å². The van der Waals surface area contributed by atoms with Crippen LogP contribution in [-0.2, 0) is 6.54 Å². The van der Waals surface area contributed by atoms with E-state index in [0.29, 0.717) is 17.0 Å². The Bertz CT molecular complexity index is 854. The largest absolute Gasteiger partial charge is 0.324 e. The van der Waals surface area contributed by atoms with Crippen molar-refractivity contribution in [3.63, 3.8) is 0 Å². The molecule has 0 amide bonds. The summed E-state index contributed by atoms with van der Waals surface area (Å²) in [7, 11) is 0. The molecule has 26 heavy (non-hydrogen) atoms. The fourth-order valence-electron chi connectivity index (χ4n) is 3.42. The molecule has 0 saturated carbocycles. The zero-order chi connectivity index (χ0) is 17.8. The number of hydrogen-bond donors (Lipinski definition) is 1. The molecule has 0 radical (unpaired) electrons. The second-order valence-corrected chi connectivity index (χ2v) is 6.86. The third kappa shape index (κ3) is 4.00. The smallest absolute Gasteiger partial charge is 0.227 e. The number of nitrogens with one attached hydrogen (secondary N) is 1. The molecule has 4 rings (SSSR count). The summed E-state index contributed by atoms with van der Waals surface area (Å²) in [6, 6.07) is 14.6. The van der Waals surface area contributed by atoms with Gasteiger partial charge in [0.1, 0.15) is 0 Å². The fraction of sp³-hybridized carbons (Fsp3) is 0.250. The summed E-state index contributed by atoms with van der Waals surface area (Å²) in [6.45, 7) is 1.91. The van der Waals surface area contributed by atoms with Crippen molar-refractivity contribution in [1.82, 2.24) is 19.9 Å². The van der Waals surface area contributed by atoms with Crippen molar-refractivity contribution < 1.29 is 0 Å². The van der Waals surface area contributed by atoms with Crippen LogP contribution in [0.5, 0.6) is 0 Å². The van der Waals surface area contributed by atoms with E-state index in [-0.39, 0.29) is 0 Å². The first-order valence-electron chi connectivity index (χ1n) is 8.76. The number of benzene rings is 1. The van der Waals surface area contributed by atoms with Gasteiger partial charge in [0, 0.05) is 36.9 Å². The number of likely N-dealkylation sites (tertiary alicyclic amines) is 1. The number of halogens is 1. The molecule has 1 fully saturated rings. The molecule has 1 aromatic carbocycles. The Labute approximate surface area is 158 Å². The lowest BCUT2D eigenvalue weighted by Crippen LogP contribution is -2.23. The van der Waals surface area contributed by atoms with Crippen LogP contribution in [0.1, 0.15) is 30.1 Å². The maximum absolute atomic E-state index is 5.94. The van der Waals surface area contributed by atoms with E-state index in [1.54, 1.807) is 18.6 Å². The highest BCUT2D eigenvalue weighted by Crippen LogP contribution is 2.34. The van der Waals surface area contributed by atoms with Gasteiger partial charge in [-0.05, 0) is 55.3 Å². The van der Waals surface area contributed by atoms with Gasteiger partial charge in [-0.2, -0.15) is 0 Å². The van der Waals surface area contributed by atoms with Gasteiger partial charge in [0.25, 0.3) is 0 Å². The second kappa shape index (κ2) is 7.81. The van der Waals surface area contributed by atoms with Crippen molar-refractivity contribution >= 4 is 23.2 Å². The van der Waals surface area contributed by atoms with E-state index in [2.05, 4.69) is 43.4 Å². The van der Waals surface area contributed by atoms with Crippen molar-refractivity contribution in [2.45, 2.75) is 25.4 Å². The Balaban J connectivity index is 1.50. The summed E-state index contributed by atoms with van der Waals surface area (Å²) in [6.07, 6.45) is 7.52. The molecule has 1 N–H and O–H groups in total. The maximum Gasteiger partial charge on any atom is 0.227 e. The van der Waals surface area contributed by atoms with Crippen LogP contribution in [-0.4, -0.2) is 26.4 Å². The molecule has 0 spiro atoms. The first kappa shape index (κ1) is 16.9. The molecule has 1 unspecified atom stereocenters. The van der Waals surface area contributed by atoms with E-state index in [0.717, 1.165) is 30.9 Å². The third-order valence-electron chi connectivity index (χ3n) is 4.61. The molecular weight excluding hydrogens is 346 g/mol. The summed E-state index contributed by atoms with van der Waals surface area (Å²) < 4.78 is 0. The minimum Gasteiger partial charge on any atom is -0.324 e. The van der Waals surface area contributed by atoms with Crippen molar-refractivity contribution in [3.05, 3.63) is 77.3 Å². The van der Waals surface area contributed by atoms with Crippen molar-refractivity contribution in [3.8, 4) is 0 Å². The minimum atomic E-state index is 0.394. The number of rotatable bonds is 5. The Morgan fingerprint density at radius 1 is 1.08 bits per heavy atom. The molecule has 0 aliphatic carbocycles. The third-order valence-corrected chi connectivity index (χ3v) is 4.83. The SMILES string of the molecule is Clc1ccc(CN2CCCC2c2cccc(Nc3ncccn3)c2)nc1. The van der Waals surface area contributed by atoms with Gasteiger partial charge in [-0.15, -0.1) is 0 Å². The summed E-state index contributed by atoms with van der Waals surface area (Å²) in [5.41, 5.74) is 3.36. The molecule has 3 aromatic rings. The maximum atomic E-state index is 5.94. The Morgan fingerprint density at radius 2 is 1.96 bits per heavy atom. The molecule has 1 saturated heterocycles. The number of nitrogens with zero attached hydrogens (tertiary/aromatic N) is 4. The van der Waals surface area contributed by atoms with Crippen LogP contribution >= 0.6 is 11.6 Å². The van der Waals surface area contributed by atoms with E-state index < -0.39 is 0 Å². The van der Waals surface area contributed by atoms with Gasteiger partial charge < -0.3 is 5.32 Å². The first-order valence-corrected chi connectivity index (χ1v) is 9.14. The predicted molar refractivity (Wildman–Crippen MR) is 103 cm³/mol. The quantitative estimate of drug-likeness (QED) is 0.715. The lowest BCUT2D eigenvalue weighted by Gasteiger charge is -2.25. The monoisotopic (exact) mass is 365 g/mol. The minimum absolute atomic E-state index is 0.394. The van der Waals surface area contributed by atoms with Crippen LogP contribution < -0.4 is 5.32 Å². The average Bonchev–Trinajstić information content (AvgIpc) is 3.13. The second-order valence-electron chi connectivity index (χ2n) is 6.42. The highest BCUT2D eigenvalue weighted by atomic mass is 35.5. The molecule has 3 heterocycles. The van der Waals surface area contributed by atoms with Crippen molar-refractivity contribution in [2.24, 2.45) is 0 Å². The van der Waals surface area contributed by atoms with Gasteiger partial charge in [0.05, 0.1) is 10.7 Å². The zero-order valence-corrected chi connectivity index (χ0v) is 15.1. The van der Waals surface area contributed by atoms with Crippen LogP contribution in [0.25, 0.3) is 0 Å². The van der Waals surface area contributed by atoms with Crippen LogP contribution in [0, 0.1) is 0 Å². The van der Waals surface area contributed by atoms with E-state index in [4.69, 9.17) is 11.6 Å². The van der Waals surface area contributed by atoms with Crippen LogP contribution in [0.15, 0.2) is 61.1 Å². The van der Waals surface area contributed by atoms with Gasteiger partial charge in [-0.3, -0.25) is 9.88 Å². The number of anilines is 2. The summed E-state index contributed by atoms with van der Waals surface area (Å²) in [4.78, 5) is 15.4. The zero-order valence-electron chi connectivity index (χ0n) is 14.3. The molecule has 6 heteroatoms. The highest BCUT2D eigenvalue weighted by Gasteiger charge is 2.26. The van der Waals surface area contributed by atoms with Crippen molar-refractivity contribution in [2.75, 3.05) is 11.9 Å². The number of pyridine rings is 1. The predicted octanol–water partition coefficient (Wildman–Crippen LogP) is 4.61. The van der Waals surface area contributed by atoms with Crippen LogP contribution in [0.4, 0.5) is 11.6 Å². The Kier molecular flexibility index (Phi) is 5.09. The fourth-order valence-corrected chi connectivity index (χ4v) is 3.53. The molecule has 5 nitrogen and oxygen atoms in total. The Hall–Kier alpha value is -2.50. The van der Waals surface area contributed by atoms with Gasteiger partial charge in [0.2, 0.25) is 5.95 Å². The summed E-state index contributed by atoms with van der Waals surface area (Å²) in [5, 5.41) is 3.95. The molecule has 0 bridgehead atoms. The normalized spacial score (nSPS) is 17.3. The van der Waals surface area contributed by atoms with E-state index in [1.807, 2.05) is 24.3 Å². The van der Waals surface area contributed by atoms with Crippen LogP contribution in [0.2, 0.25) is 5.02 Å². The van der Waals surface area contributed by atoms with Gasteiger partial charge in [0.15, 0.2) is 0 Å². The van der Waals surface area contributed by atoms with Gasteiger partial charge in [-0.25, -0.2) is 9.97 Å². The molecule has 1 aliphatic heterocycles. The van der Waals surface area contributed by atoms with Crippen molar-refractivity contribution in [1.29, 1.82) is 0 Å². The highest BCUT2D eigenvalue weighted by molar-refractivity contribution is 6.30. The Morgan fingerprint density at radius 3 is 2.77 bits per heavy atom. The standard InChI is InChI=1S/C20H20ClN5/c21-16-7-8-18(24-13-16)14-26-11-2-6-19(26)15-4-1-5-17(12-15)25-20-22-9-3-10-23-20/h1,3-5,7-10,12-13,19H,2,6,11,14H2,(H,22,23,25). The molecule has 1 atom stereocenters. The molecule has 2 aromatic heterocycles. The van der Waals surface area contributed by atoms with E-state index >= 15 is 0 Å². The molecular formula is C20H20ClN5. The van der Waals surface area contributed by atoms with Crippen LogP contribution in [0.3, 0.4) is 0 Å². The lowest BCUT2D eigenvalue weighted by atomic mass is 10.0. The summed E-state index contributed by atoms with van der Waals surface area (Å²) in [5.74, 6) is 0.610. The summed E-state index contributed by atoms with van der Waals surface area (Å²) >= 11 is 5.94. The average molecular weight is 366 g/mol. The first-order chi connectivity index (χ1) is 12.8. The topological polar surface area (TPSA) is 53.9 Å². The molecule has 1 aliphatic rings. The number of aromatic nitrogens is 3.